The fourth-order valence-corrected chi connectivity index (χ4v) is 3.88. The van der Waals surface area contributed by atoms with Gasteiger partial charge in [0.15, 0.2) is 11.6 Å². The number of benzene rings is 2. The maximum atomic E-state index is 12.7. The van der Waals surface area contributed by atoms with Crippen LogP contribution in [0.4, 0.5) is 0 Å². The Morgan fingerprint density at radius 3 is 1.84 bits per heavy atom. The van der Waals surface area contributed by atoms with Gasteiger partial charge in [0.2, 0.25) is 0 Å². The first-order valence-corrected chi connectivity index (χ1v) is 9.40. The van der Waals surface area contributed by atoms with Crippen LogP contribution < -0.4 is 0 Å². The summed E-state index contributed by atoms with van der Waals surface area (Å²) in [5.74, 6) is -3.17. The number of Topliss-reactive ketones (excluding diaryl/α,β-unsaturated/α-hetero) is 2. The lowest BCUT2D eigenvalue weighted by molar-refractivity contribution is 0.0696. The number of carbonyl (C=O) groups excluding carboxylic acids is 2. The van der Waals surface area contributed by atoms with Crippen LogP contribution in [0.3, 0.4) is 0 Å². The smallest absolute Gasteiger partial charge is 0.335 e. The van der Waals surface area contributed by atoms with Crippen LogP contribution in [0, 0.1) is 13.8 Å². The molecule has 2 N–H and O–H groups in total. The molecular formula is C24H17NO6. The first kappa shape index (κ1) is 20.0. The Balaban J connectivity index is 1.84. The summed E-state index contributed by atoms with van der Waals surface area (Å²) in [6.07, 6.45) is 1.53. The molecular weight excluding hydrogens is 398 g/mol. The highest BCUT2D eigenvalue weighted by Crippen LogP contribution is 2.30. The van der Waals surface area contributed by atoms with Gasteiger partial charge < -0.3 is 14.8 Å². The molecule has 0 bridgehead atoms. The summed E-state index contributed by atoms with van der Waals surface area (Å²) in [6.45, 7) is 3.53. The van der Waals surface area contributed by atoms with Crippen LogP contribution in [0.25, 0.3) is 11.8 Å². The van der Waals surface area contributed by atoms with Crippen molar-refractivity contribution in [3.63, 3.8) is 0 Å². The Bertz CT molecular complexity index is 1270. The molecule has 0 saturated carbocycles. The van der Waals surface area contributed by atoms with Crippen molar-refractivity contribution in [2.24, 2.45) is 0 Å². The van der Waals surface area contributed by atoms with Crippen molar-refractivity contribution in [1.29, 1.82) is 0 Å². The Morgan fingerprint density at radius 2 is 1.35 bits per heavy atom. The summed E-state index contributed by atoms with van der Waals surface area (Å²) in [5, 5.41) is 18.7. The Morgan fingerprint density at radius 1 is 0.839 bits per heavy atom. The van der Waals surface area contributed by atoms with Gasteiger partial charge in [-0.05, 0) is 49.8 Å². The van der Waals surface area contributed by atoms with Gasteiger partial charge in [-0.25, -0.2) is 9.59 Å². The molecule has 0 fully saturated rings. The fourth-order valence-electron chi connectivity index (χ4n) is 3.88. The molecule has 0 saturated heterocycles. The average Bonchev–Trinajstić information content (AvgIpc) is 3.15. The lowest BCUT2D eigenvalue weighted by Crippen LogP contribution is -2.07. The summed E-state index contributed by atoms with van der Waals surface area (Å²) in [6, 6.07) is 12.3. The highest BCUT2D eigenvalue weighted by atomic mass is 16.4. The lowest BCUT2D eigenvalue weighted by Gasteiger charge is -2.12. The molecule has 7 nitrogen and oxygen atoms in total. The third kappa shape index (κ3) is 3.26. The SMILES string of the molecule is Cc1cc(C=C2C(=O)c3ccccc3C2=O)c(C)n1-c1cc(C(=O)O)cc(C(=O)O)c1. The van der Waals surface area contributed by atoms with E-state index in [9.17, 15) is 29.4 Å². The number of ketones is 2. The van der Waals surface area contributed by atoms with Crippen molar-refractivity contribution in [2.75, 3.05) is 0 Å². The molecule has 31 heavy (non-hydrogen) atoms. The van der Waals surface area contributed by atoms with Crippen molar-refractivity contribution >= 4 is 29.6 Å². The maximum absolute atomic E-state index is 12.7. The maximum Gasteiger partial charge on any atom is 0.335 e. The van der Waals surface area contributed by atoms with Crippen LogP contribution in [-0.2, 0) is 0 Å². The molecule has 0 atom stereocenters. The molecule has 0 radical (unpaired) electrons. The Kier molecular flexibility index (Phi) is 4.66. The number of carbonyl (C=O) groups is 4. The molecule has 0 aliphatic heterocycles. The number of aryl methyl sites for hydroxylation is 1. The third-order valence-electron chi connectivity index (χ3n) is 5.35. The van der Waals surface area contributed by atoms with E-state index < -0.39 is 11.9 Å². The minimum Gasteiger partial charge on any atom is -0.478 e. The number of hydrogen-bond acceptors (Lipinski definition) is 4. The van der Waals surface area contributed by atoms with Gasteiger partial charge in [0.05, 0.1) is 16.7 Å². The summed E-state index contributed by atoms with van der Waals surface area (Å²) in [5.41, 5.74) is 2.80. The van der Waals surface area contributed by atoms with Gasteiger partial charge in [-0.15, -0.1) is 0 Å². The van der Waals surface area contributed by atoms with Crippen molar-refractivity contribution in [3.8, 4) is 5.69 Å². The zero-order chi connectivity index (χ0) is 22.4. The van der Waals surface area contributed by atoms with E-state index in [-0.39, 0.29) is 28.3 Å². The quantitative estimate of drug-likeness (QED) is 0.493. The molecule has 0 spiro atoms. The van der Waals surface area contributed by atoms with E-state index in [0.29, 0.717) is 33.8 Å². The molecule has 154 valence electrons. The number of rotatable bonds is 4. The number of carboxylic acid groups (broad SMARTS) is 2. The predicted octanol–water partition coefficient (Wildman–Crippen LogP) is 3.95. The van der Waals surface area contributed by atoms with Crippen molar-refractivity contribution < 1.29 is 29.4 Å². The Labute approximate surface area is 176 Å². The zero-order valence-corrected chi connectivity index (χ0v) is 16.7. The number of aromatic nitrogens is 1. The molecule has 1 aliphatic rings. The number of hydrogen-bond donors (Lipinski definition) is 2. The number of aromatic carboxylic acids is 2. The van der Waals surface area contributed by atoms with Gasteiger partial charge in [0.1, 0.15) is 0 Å². The lowest BCUT2D eigenvalue weighted by atomic mass is 10.1. The molecule has 7 heteroatoms. The predicted molar refractivity (Wildman–Crippen MR) is 112 cm³/mol. The van der Waals surface area contributed by atoms with Crippen LogP contribution in [0.1, 0.15) is 58.4 Å². The number of fused-ring (bicyclic) bond motifs is 1. The number of carboxylic acids is 2. The Hall–Kier alpha value is -4.26. The molecule has 1 aromatic heterocycles. The van der Waals surface area contributed by atoms with Crippen molar-refractivity contribution in [1.82, 2.24) is 4.57 Å². The fraction of sp³-hybridized carbons (Fsp3) is 0.0833. The number of nitrogens with zero attached hydrogens (tertiary/aromatic N) is 1. The second-order valence-electron chi connectivity index (χ2n) is 7.30. The van der Waals surface area contributed by atoms with Gasteiger partial charge in [0, 0.05) is 28.2 Å². The summed E-state index contributed by atoms with van der Waals surface area (Å²) in [4.78, 5) is 48.3. The molecule has 3 aromatic rings. The molecule has 4 rings (SSSR count). The number of allylic oxidation sites excluding steroid dienone is 1. The minimum absolute atomic E-state index is 0.0620. The second kappa shape index (κ2) is 7.21. The highest BCUT2D eigenvalue weighted by molar-refractivity contribution is 6.41. The summed E-state index contributed by atoms with van der Waals surface area (Å²) >= 11 is 0. The molecule has 0 amide bonds. The molecule has 0 unspecified atom stereocenters. The van der Waals surface area contributed by atoms with Crippen molar-refractivity contribution in [3.05, 3.63) is 93.3 Å². The van der Waals surface area contributed by atoms with Gasteiger partial charge in [-0.2, -0.15) is 0 Å². The first-order chi connectivity index (χ1) is 14.7. The van der Waals surface area contributed by atoms with Gasteiger partial charge in [-0.1, -0.05) is 24.3 Å². The van der Waals surface area contributed by atoms with E-state index in [4.69, 9.17) is 0 Å². The van der Waals surface area contributed by atoms with Crippen LogP contribution in [0.2, 0.25) is 0 Å². The standard InChI is InChI=1S/C24H17NO6/c1-12-7-14(11-20-21(26)18-5-3-4-6-19(18)22(20)27)13(2)25(12)17-9-15(23(28)29)8-16(10-17)24(30)31/h3-11H,1-2H3,(H,28,29)(H,30,31). The van der Waals surface area contributed by atoms with Crippen LogP contribution in [0.15, 0.2) is 54.1 Å². The van der Waals surface area contributed by atoms with Crippen LogP contribution in [0.5, 0.6) is 0 Å². The van der Waals surface area contributed by atoms with Crippen molar-refractivity contribution in [2.45, 2.75) is 13.8 Å². The molecule has 1 aliphatic carbocycles. The van der Waals surface area contributed by atoms with E-state index in [1.54, 1.807) is 48.7 Å². The van der Waals surface area contributed by atoms with E-state index in [1.807, 2.05) is 0 Å². The van der Waals surface area contributed by atoms with E-state index in [1.165, 1.54) is 18.2 Å². The van der Waals surface area contributed by atoms with E-state index >= 15 is 0 Å². The molecule has 1 heterocycles. The van der Waals surface area contributed by atoms with Crippen LogP contribution >= 0.6 is 0 Å². The van der Waals surface area contributed by atoms with Crippen LogP contribution in [-0.4, -0.2) is 38.3 Å². The van der Waals surface area contributed by atoms with Gasteiger partial charge in [-0.3, -0.25) is 9.59 Å². The van der Waals surface area contributed by atoms with Gasteiger partial charge in [0.25, 0.3) is 0 Å². The largest absolute Gasteiger partial charge is 0.478 e. The van der Waals surface area contributed by atoms with E-state index in [2.05, 4.69) is 0 Å². The summed E-state index contributed by atoms with van der Waals surface area (Å²) in [7, 11) is 0. The highest BCUT2D eigenvalue weighted by Gasteiger charge is 2.32. The topological polar surface area (TPSA) is 114 Å². The summed E-state index contributed by atoms with van der Waals surface area (Å²) < 4.78 is 1.70. The molecule has 2 aromatic carbocycles. The zero-order valence-electron chi connectivity index (χ0n) is 16.7. The second-order valence-corrected chi connectivity index (χ2v) is 7.30. The third-order valence-corrected chi connectivity index (χ3v) is 5.35. The first-order valence-electron chi connectivity index (χ1n) is 9.40. The normalized spacial score (nSPS) is 12.8. The monoisotopic (exact) mass is 415 g/mol. The van der Waals surface area contributed by atoms with Gasteiger partial charge >= 0.3 is 11.9 Å². The van der Waals surface area contributed by atoms with E-state index in [0.717, 1.165) is 6.07 Å². The average molecular weight is 415 g/mol. The minimum atomic E-state index is -1.24.